The lowest BCUT2D eigenvalue weighted by Crippen LogP contribution is -2.02. The summed E-state index contributed by atoms with van der Waals surface area (Å²) in [4.78, 5) is 0. The van der Waals surface area contributed by atoms with Crippen LogP contribution in [0.15, 0.2) is 67.0 Å². The molecule has 0 amide bonds. The Bertz CT molecular complexity index is 738. The molecular formula is C17H14ClFN2. The fraction of sp³-hybridized carbons (Fsp3) is 0.0588. The van der Waals surface area contributed by atoms with Gasteiger partial charge in [0, 0.05) is 40.9 Å². The summed E-state index contributed by atoms with van der Waals surface area (Å²) in [7, 11) is 0. The molecule has 1 N–H and O–H groups in total. The van der Waals surface area contributed by atoms with Gasteiger partial charge < -0.3 is 9.88 Å². The summed E-state index contributed by atoms with van der Waals surface area (Å²) in [5.74, 6) is -0.256. The molecule has 1 aromatic heterocycles. The van der Waals surface area contributed by atoms with Crippen molar-refractivity contribution >= 4 is 17.3 Å². The van der Waals surface area contributed by atoms with Crippen LogP contribution in [-0.2, 0) is 6.54 Å². The predicted molar refractivity (Wildman–Crippen MR) is 84.5 cm³/mol. The Morgan fingerprint density at radius 1 is 1.00 bits per heavy atom. The number of nitrogens with zero attached hydrogens (tertiary/aromatic N) is 1. The largest absolute Gasteiger partial charge is 0.381 e. The quantitative estimate of drug-likeness (QED) is 0.726. The molecule has 0 atom stereocenters. The molecule has 1 heterocycles. The van der Waals surface area contributed by atoms with E-state index >= 15 is 0 Å². The van der Waals surface area contributed by atoms with Crippen molar-refractivity contribution < 1.29 is 4.39 Å². The molecule has 3 rings (SSSR count). The van der Waals surface area contributed by atoms with Crippen molar-refractivity contribution in [2.75, 3.05) is 5.32 Å². The van der Waals surface area contributed by atoms with Crippen molar-refractivity contribution in [3.8, 4) is 5.69 Å². The first kappa shape index (κ1) is 13.7. The molecule has 0 radical (unpaired) electrons. The lowest BCUT2D eigenvalue weighted by atomic mass is 10.2. The Hall–Kier alpha value is -2.26. The maximum Gasteiger partial charge on any atom is 0.128 e. The van der Waals surface area contributed by atoms with Crippen LogP contribution in [0.25, 0.3) is 5.69 Å². The molecule has 106 valence electrons. The highest BCUT2D eigenvalue weighted by atomic mass is 35.5. The average molecular weight is 301 g/mol. The third kappa shape index (κ3) is 3.26. The number of halogens is 2. The van der Waals surface area contributed by atoms with Crippen LogP contribution < -0.4 is 5.32 Å². The van der Waals surface area contributed by atoms with E-state index in [1.54, 1.807) is 12.1 Å². The van der Waals surface area contributed by atoms with Crippen molar-refractivity contribution in [2.24, 2.45) is 0 Å². The van der Waals surface area contributed by atoms with E-state index < -0.39 is 0 Å². The van der Waals surface area contributed by atoms with Crippen molar-refractivity contribution in [2.45, 2.75) is 6.54 Å². The molecule has 0 bridgehead atoms. The predicted octanol–water partition coefficient (Wildman–Crippen LogP) is 4.88. The zero-order valence-electron chi connectivity index (χ0n) is 11.3. The Morgan fingerprint density at radius 2 is 1.81 bits per heavy atom. The first-order valence-electron chi connectivity index (χ1n) is 6.63. The molecule has 4 heteroatoms. The van der Waals surface area contributed by atoms with Crippen molar-refractivity contribution in [1.29, 1.82) is 0 Å². The van der Waals surface area contributed by atoms with Crippen LogP contribution in [0.5, 0.6) is 0 Å². The van der Waals surface area contributed by atoms with Crippen molar-refractivity contribution in [3.05, 3.63) is 83.4 Å². The zero-order valence-corrected chi connectivity index (χ0v) is 12.0. The number of rotatable bonds is 4. The number of anilines is 1. The van der Waals surface area contributed by atoms with Gasteiger partial charge in [-0.1, -0.05) is 17.7 Å². The maximum absolute atomic E-state index is 13.7. The smallest absolute Gasteiger partial charge is 0.128 e. The van der Waals surface area contributed by atoms with Crippen LogP contribution in [0, 0.1) is 5.82 Å². The zero-order chi connectivity index (χ0) is 14.7. The third-order valence-electron chi connectivity index (χ3n) is 3.24. The van der Waals surface area contributed by atoms with E-state index in [1.807, 2.05) is 53.4 Å². The van der Waals surface area contributed by atoms with Gasteiger partial charge in [0.05, 0.1) is 0 Å². The minimum Gasteiger partial charge on any atom is -0.381 e. The SMILES string of the molecule is Fc1ccc(Cl)cc1CNc1cccc(-n2cccc2)c1. The summed E-state index contributed by atoms with van der Waals surface area (Å²) in [5, 5.41) is 3.76. The van der Waals surface area contributed by atoms with Gasteiger partial charge in [0.25, 0.3) is 0 Å². The van der Waals surface area contributed by atoms with E-state index in [0.717, 1.165) is 11.4 Å². The van der Waals surface area contributed by atoms with Gasteiger partial charge in [0.1, 0.15) is 5.82 Å². The second kappa shape index (κ2) is 6.02. The third-order valence-corrected chi connectivity index (χ3v) is 3.47. The fourth-order valence-corrected chi connectivity index (χ4v) is 2.35. The van der Waals surface area contributed by atoms with Gasteiger partial charge in [-0.3, -0.25) is 0 Å². The summed E-state index contributed by atoms with van der Waals surface area (Å²) in [6, 6.07) is 16.5. The van der Waals surface area contributed by atoms with Gasteiger partial charge >= 0.3 is 0 Å². The van der Waals surface area contributed by atoms with Crippen LogP contribution in [-0.4, -0.2) is 4.57 Å². The fourth-order valence-electron chi connectivity index (χ4n) is 2.16. The van der Waals surface area contributed by atoms with E-state index in [9.17, 15) is 4.39 Å². The van der Waals surface area contributed by atoms with Gasteiger partial charge in [-0.2, -0.15) is 0 Å². The second-order valence-corrected chi connectivity index (χ2v) is 5.17. The second-order valence-electron chi connectivity index (χ2n) is 4.73. The molecule has 2 nitrogen and oxygen atoms in total. The first-order valence-corrected chi connectivity index (χ1v) is 7.01. The molecule has 0 saturated carbocycles. The number of hydrogen-bond donors (Lipinski definition) is 1. The van der Waals surface area contributed by atoms with Gasteiger partial charge in [0.2, 0.25) is 0 Å². The Labute approximate surface area is 127 Å². The Balaban J connectivity index is 1.76. The summed E-state index contributed by atoms with van der Waals surface area (Å²) in [5.41, 5.74) is 2.53. The van der Waals surface area contributed by atoms with Crippen molar-refractivity contribution in [1.82, 2.24) is 4.57 Å². The van der Waals surface area contributed by atoms with E-state index in [0.29, 0.717) is 17.1 Å². The van der Waals surface area contributed by atoms with Gasteiger partial charge in [0.15, 0.2) is 0 Å². The number of hydrogen-bond acceptors (Lipinski definition) is 1. The minimum absolute atomic E-state index is 0.256. The molecule has 3 aromatic rings. The van der Waals surface area contributed by atoms with Crippen LogP contribution in [0.4, 0.5) is 10.1 Å². The standard InChI is InChI=1S/C17H14ClFN2/c18-14-6-7-17(19)13(10-14)12-20-15-4-3-5-16(11-15)21-8-1-2-9-21/h1-11,20H,12H2. The highest BCUT2D eigenvalue weighted by Gasteiger charge is 2.03. The molecule has 21 heavy (non-hydrogen) atoms. The molecule has 2 aromatic carbocycles. The summed E-state index contributed by atoms with van der Waals surface area (Å²) < 4.78 is 15.7. The van der Waals surface area contributed by atoms with Crippen LogP contribution >= 0.6 is 11.6 Å². The van der Waals surface area contributed by atoms with E-state index in [-0.39, 0.29) is 5.82 Å². The Morgan fingerprint density at radius 3 is 2.62 bits per heavy atom. The number of benzene rings is 2. The Kier molecular flexibility index (Phi) is 3.93. The number of nitrogens with one attached hydrogen (secondary N) is 1. The van der Waals surface area contributed by atoms with E-state index in [1.165, 1.54) is 6.07 Å². The van der Waals surface area contributed by atoms with Crippen LogP contribution in [0.2, 0.25) is 5.02 Å². The number of aromatic nitrogens is 1. The lowest BCUT2D eigenvalue weighted by Gasteiger charge is -2.10. The van der Waals surface area contributed by atoms with Gasteiger partial charge in [-0.25, -0.2) is 4.39 Å². The monoisotopic (exact) mass is 300 g/mol. The highest BCUT2D eigenvalue weighted by molar-refractivity contribution is 6.30. The minimum atomic E-state index is -0.256. The molecule has 0 unspecified atom stereocenters. The average Bonchev–Trinajstić information content (AvgIpc) is 3.03. The molecule has 0 spiro atoms. The summed E-state index contributed by atoms with van der Waals surface area (Å²) >= 11 is 5.89. The van der Waals surface area contributed by atoms with Gasteiger partial charge in [-0.05, 0) is 48.5 Å². The lowest BCUT2D eigenvalue weighted by molar-refractivity contribution is 0.613. The van der Waals surface area contributed by atoms with Crippen LogP contribution in [0.1, 0.15) is 5.56 Å². The first-order chi connectivity index (χ1) is 10.2. The highest BCUT2D eigenvalue weighted by Crippen LogP contribution is 2.18. The molecule has 0 aliphatic heterocycles. The molecular weight excluding hydrogens is 287 g/mol. The summed E-state index contributed by atoms with van der Waals surface area (Å²) in [6.45, 7) is 0.390. The molecule has 0 aliphatic rings. The molecule has 0 fully saturated rings. The van der Waals surface area contributed by atoms with E-state index in [4.69, 9.17) is 11.6 Å². The van der Waals surface area contributed by atoms with Crippen LogP contribution in [0.3, 0.4) is 0 Å². The van der Waals surface area contributed by atoms with Crippen molar-refractivity contribution in [3.63, 3.8) is 0 Å². The van der Waals surface area contributed by atoms with E-state index in [2.05, 4.69) is 5.32 Å². The summed E-state index contributed by atoms with van der Waals surface area (Å²) in [6.07, 6.45) is 3.96. The molecule has 0 aliphatic carbocycles. The maximum atomic E-state index is 13.7. The van der Waals surface area contributed by atoms with Gasteiger partial charge in [-0.15, -0.1) is 0 Å². The normalized spacial score (nSPS) is 10.6. The molecule has 0 saturated heterocycles. The topological polar surface area (TPSA) is 17.0 Å².